The second-order valence-corrected chi connectivity index (χ2v) is 4.34. The molecule has 1 saturated heterocycles. The molecule has 14 heavy (non-hydrogen) atoms. The van der Waals surface area contributed by atoms with Crippen LogP contribution in [0.2, 0.25) is 0 Å². The van der Waals surface area contributed by atoms with Crippen LogP contribution in [0.1, 0.15) is 19.8 Å². The Bertz CT molecular complexity index is 152. The van der Waals surface area contributed by atoms with Gasteiger partial charge >= 0.3 is 0 Å². The van der Waals surface area contributed by atoms with Crippen molar-refractivity contribution < 1.29 is 4.74 Å². The molecule has 0 aromatic carbocycles. The van der Waals surface area contributed by atoms with Crippen molar-refractivity contribution in [2.45, 2.75) is 25.8 Å². The summed E-state index contributed by atoms with van der Waals surface area (Å²) in [5, 5.41) is 3.26. The summed E-state index contributed by atoms with van der Waals surface area (Å²) in [6.07, 6.45) is 2.50. The van der Waals surface area contributed by atoms with Gasteiger partial charge in [0.15, 0.2) is 0 Å². The highest BCUT2D eigenvalue weighted by molar-refractivity contribution is 4.80. The predicted octanol–water partition coefficient (Wildman–Crippen LogP) is 0.953. The molecule has 1 aliphatic heterocycles. The van der Waals surface area contributed by atoms with Gasteiger partial charge in [0.25, 0.3) is 0 Å². The smallest absolute Gasteiger partial charge is 0.0477 e. The van der Waals surface area contributed by atoms with E-state index in [0.717, 1.165) is 25.5 Å². The first-order valence-electron chi connectivity index (χ1n) is 5.65. The highest BCUT2D eigenvalue weighted by atomic mass is 16.5. The summed E-state index contributed by atoms with van der Waals surface area (Å²) in [6.45, 7) is 6.87. The van der Waals surface area contributed by atoms with Crippen LogP contribution in [0.3, 0.4) is 0 Å². The highest BCUT2D eigenvalue weighted by Crippen LogP contribution is 2.19. The van der Waals surface area contributed by atoms with E-state index in [1.54, 1.807) is 7.11 Å². The average molecular weight is 200 g/mol. The van der Waals surface area contributed by atoms with Crippen LogP contribution in [0.5, 0.6) is 0 Å². The van der Waals surface area contributed by atoms with Crippen LogP contribution >= 0.6 is 0 Å². The van der Waals surface area contributed by atoms with E-state index in [1.165, 1.54) is 19.5 Å². The van der Waals surface area contributed by atoms with Gasteiger partial charge in [0.05, 0.1) is 0 Å². The third-order valence-corrected chi connectivity index (χ3v) is 3.17. The summed E-state index contributed by atoms with van der Waals surface area (Å²) in [5.41, 5.74) is 0. The Morgan fingerprint density at radius 3 is 3.00 bits per heavy atom. The summed E-state index contributed by atoms with van der Waals surface area (Å²) in [7, 11) is 3.82. The molecule has 0 aromatic heterocycles. The molecule has 1 rings (SSSR count). The Hall–Kier alpha value is -0.120. The van der Waals surface area contributed by atoms with E-state index in [1.807, 2.05) is 7.05 Å². The molecule has 1 N–H and O–H groups in total. The van der Waals surface area contributed by atoms with E-state index in [9.17, 15) is 0 Å². The van der Waals surface area contributed by atoms with Gasteiger partial charge in [0.2, 0.25) is 0 Å². The molecular formula is C11H24N2O. The largest absolute Gasteiger partial charge is 0.385 e. The lowest BCUT2D eigenvalue weighted by Crippen LogP contribution is -2.33. The lowest BCUT2D eigenvalue weighted by Gasteiger charge is -2.24. The van der Waals surface area contributed by atoms with Crippen molar-refractivity contribution in [1.82, 2.24) is 10.2 Å². The van der Waals surface area contributed by atoms with Crippen molar-refractivity contribution in [3.63, 3.8) is 0 Å². The lowest BCUT2D eigenvalue weighted by molar-refractivity contribution is 0.150. The van der Waals surface area contributed by atoms with Crippen molar-refractivity contribution in [3.05, 3.63) is 0 Å². The third-order valence-electron chi connectivity index (χ3n) is 3.17. The zero-order valence-electron chi connectivity index (χ0n) is 9.75. The highest BCUT2D eigenvalue weighted by Gasteiger charge is 2.24. The normalized spacial score (nSPS) is 25.5. The van der Waals surface area contributed by atoms with Gasteiger partial charge in [-0.15, -0.1) is 0 Å². The summed E-state index contributed by atoms with van der Waals surface area (Å²) < 4.78 is 5.11. The van der Waals surface area contributed by atoms with E-state index < -0.39 is 0 Å². The van der Waals surface area contributed by atoms with Crippen molar-refractivity contribution in [1.29, 1.82) is 0 Å². The fourth-order valence-electron chi connectivity index (χ4n) is 2.19. The van der Waals surface area contributed by atoms with Crippen LogP contribution in [-0.2, 0) is 4.74 Å². The van der Waals surface area contributed by atoms with Crippen LogP contribution in [0, 0.1) is 5.92 Å². The standard InChI is InChI=1S/C11H24N2O/c1-10(5-7-14-3)13-6-4-11(9-13)8-12-2/h10-12H,4-9H2,1-3H3. The van der Waals surface area contributed by atoms with E-state index in [-0.39, 0.29) is 0 Å². The zero-order chi connectivity index (χ0) is 10.4. The van der Waals surface area contributed by atoms with Gasteiger partial charge in [-0.1, -0.05) is 0 Å². The Morgan fingerprint density at radius 1 is 1.57 bits per heavy atom. The molecule has 1 aliphatic rings. The topological polar surface area (TPSA) is 24.5 Å². The molecule has 0 spiro atoms. The van der Waals surface area contributed by atoms with E-state index in [2.05, 4.69) is 17.1 Å². The third kappa shape index (κ3) is 3.56. The van der Waals surface area contributed by atoms with E-state index in [0.29, 0.717) is 6.04 Å². The van der Waals surface area contributed by atoms with Crippen LogP contribution in [0.15, 0.2) is 0 Å². The molecule has 2 unspecified atom stereocenters. The number of hydrogen-bond acceptors (Lipinski definition) is 3. The number of likely N-dealkylation sites (tertiary alicyclic amines) is 1. The fourth-order valence-corrected chi connectivity index (χ4v) is 2.19. The Balaban J connectivity index is 2.19. The summed E-state index contributed by atoms with van der Waals surface area (Å²) >= 11 is 0. The number of hydrogen-bond donors (Lipinski definition) is 1. The van der Waals surface area contributed by atoms with Gasteiger partial charge < -0.3 is 15.0 Å². The average Bonchev–Trinajstić information content (AvgIpc) is 2.63. The molecule has 0 amide bonds. The molecule has 0 saturated carbocycles. The van der Waals surface area contributed by atoms with Crippen molar-refractivity contribution in [2.75, 3.05) is 40.4 Å². The molecule has 84 valence electrons. The van der Waals surface area contributed by atoms with Gasteiger partial charge in [-0.3, -0.25) is 0 Å². The molecule has 0 aliphatic carbocycles. The molecule has 0 bridgehead atoms. The minimum absolute atomic E-state index is 0.678. The number of ether oxygens (including phenoxy) is 1. The van der Waals surface area contributed by atoms with Crippen molar-refractivity contribution in [2.24, 2.45) is 5.92 Å². The van der Waals surface area contributed by atoms with E-state index in [4.69, 9.17) is 4.74 Å². The van der Waals surface area contributed by atoms with Gasteiger partial charge in [0, 0.05) is 26.3 Å². The van der Waals surface area contributed by atoms with E-state index >= 15 is 0 Å². The number of rotatable bonds is 6. The quantitative estimate of drug-likeness (QED) is 0.691. The minimum Gasteiger partial charge on any atom is -0.385 e. The molecule has 1 heterocycles. The van der Waals surface area contributed by atoms with Crippen LogP contribution < -0.4 is 5.32 Å². The molecule has 0 radical (unpaired) electrons. The molecule has 1 fully saturated rings. The van der Waals surface area contributed by atoms with Crippen LogP contribution in [-0.4, -0.2) is 51.3 Å². The van der Waals surface area contributed by atoms with Gasteiger partial charge in [-0.05, 0) is 45.8 Å². The van der Waals surface area contributed by atoms with Crippen LogP contribution in [0.25, 0.3) is 0 Å². The maximum absolute atomic E-state index is 5.11. The minimum atomic E-state index is 0.678. The molecule has 0 aromatic rings. The Kier molecular flexibility index (Phi) is 5.45. The SMILES string of the molecule is CNCC1CCN(C(C)CCOC)C1. The summed E-state index contributed by atoms with van der Waals surface area (Å²) in [6, 6.07) is 0.678. The Morgan fingerprint density at radius 2 is 2.36 bits per heavy atom. The first-order valence-corrected chi connectivity index (χ1v) is 5.65. The fraction of sp³-hybridized carbons (Fsp3) is 1.00. The summed E-state index contributed by atoms with van der Waals surface area (Å²) in [5.74, 6) is 0.852. The van der Waals surface area contributed by atoms with Gasteiger partial charge in [-0.2, -0.15) is 0 Å². The first kappa shape index (κ1) is 12.0. The van der Waals surface area contributed by atoms with Gasteiger partial charge in [0.1, 0.15) is 0 Å². The first-order chi connectivity index (χ1) is 6.77. The second kappa shape index (κ2) is 6.38. The number of nitrogens with one attached hydrogen (secondary N) is 1. The molecule has 3 nitrogen and oxygen atoms in total. The number of methoxy groups -OCH3 is 1. The molecule has 3 heteroatoms. The van der Waals surface area contributed by atoms with Crippen LogP contribution in [0.4, 0.5) is 0 Å². The van der Waals surface area contributed by atoms with Crippen molar-refractivity contribution >= 4 is 0 Å². The predicted molar refractivity (Wildman–Crippen MR) is 59.6 cm³/mol. The van der Waals surface area contributed by atoms with Crippen molar-refractivity contribution in [3.8, 4) is 0 Å². The monoisotopic (exact) mass is 200 g/mol. The maximum Gasteiger partial charge on any atom is 0.0477 e. The molecule has 2 atom stereocenters. The second-order valence-electron chi connectivity index (χ2n) is 4.34. The zero-order valence-corrected chi connectivity index (χ0v) is 9.75. The Labute approximate surface area is 87.8 Å². The maximum atomic E-state index is 5.11. The lowest BCUT2D eigenvalue weighted by atomic mass is 10.1. The van der Waals surface area contributed by atoms with Gasteiger partial charge in [-0.25, -0.2) is 0 Å². The molecular weight excluding hydrogens is 176 g/mol. The number of nitrogens with zero attached hydrogens (tertiary/aromatic N) is 1. The summed E-state index contributed by atoms with van der Waals surface area (Å²) in [4.78, 5) is 2.58.